The molecule has 3 N–H and O–H groups in total. The van der Waals surface area contributed by atoms with Gasteiger partial charge in [-0.3, -0.25) is 19.3 Å². The number of nitrogens with zero attached hydrogens (tertiary/aromatic N) is 1. The van der Waals surface area contributed by atoms with Crippen molar-refractivity contribution in [1.82, 2.24) is 4.90 Å². The van der Waals surface area contributed by atoms with Crippen molar-refractivity contribution in [1.29, 1.82) is 0 Å². The van der Waals surface area contributed by atoms with E-state index in [4.69, 9.17) is 10.2 Å². The summed E-state index contributed by atoms with van der Waals surface area (Å²) < 4.78 is 0. The molecular weight excluding hydrogens is 314 g/mol. The zero-order valence-electron chi connectivity index (χ0n) is 14.7. The SMILES string of the molecule is CC(C)[C@@H](C(=O)O)N(CCCCCCCCC(=O)O)CCC(=O)O. The van der Waals surface area contributed by atoms with E-state index in [1.54, 1.807) is 4.90 Å². The van der Waals surface area contributed by atoms with Gasteiger partial charge >= 0.3 is 17.9 Å². The highest BCUT2D eigenvalue weighted by molar-refractivity contribution is 5.74. The smallest absolute Gasteiger partial charge is 0.321 e. The highest BCUT2D eigenvalue weighted by atomic mass is 16.4. The Labute approximate surface area is 143 Å². The maximum Gasteiger partial charge on any atom is 0.321 e. The molecule has 1 atom stereocenters. The molecule has 0 aliphatic carbocycles. The molecule has 0 fully saturated rings. The van der Waals surface area contributed by atoms with E-state index in [-0.39, 0.29) is 25.3 Å². The predicted molar refractivity (Wildman–Crippen MR) is 90.0 cm³/mol. The van der Waals surface area contributed by atoms with Gasteiger partial charge in [-0.25, -0.2) is 0 Å². The molecule has 24 heavy (non-hydrogen) atoms. The maximum atomic E-state index is 11.5. The number of hydrogen-bond acceptors (Lipinski definition) is 4. The van der Waals surface area contributed by atoms with Crippen molar-refractivity contribution in [2.75, 3.05) is 13.1 Å². The van der Waals surface area contributed by atoms with E-state index in [1.165, 1.54) is 0 Å². The van der Waals surface area contributed by atoms with Crippen LogP contribution in [0.2, 0.25) is 0 Å². The van der Waals surface area contributed by atoms with Gasteiger partial charge in [0, 0.05) is 13.0 Å². The molecule has 0 aromatic heterocycles. The maximum absolute atomic E-state index is 11.5. The van der Waals surface area contributed by atoms with Crippen LogP contribution in [0.5, 0.6) is 0 Å². The Morgan fingerprint density at radius 1 is 0.750 bits per heavy atom. The Morgan fingerprint density at radius 3 is 1.71 bits per heavy atom. The fraction of sp³-hybridized carbons (Fsp3) is 0.824. The van der Waals surface area contributed by atoms with Crippen molar-refractivity contribution >= 4 is 17.9 Å². The first-order valence-electron chi connectivity index (χ1n) is 8.66. The van der Waals surface area contributed by atoms with Gasteiger partial charge < -0.3 is 15.3 Å². The van der Waals surface area contributed by atoms with E-state index in [0.717, 1.165) is 32.1 Å². The first-order valence-corrected chi connectivity index (χ1v) is 8.66. The first-order chi connectivity index (χ1) is 11.3. The zero-order chi connectivity index (χ0) is 18.5. The highest BCUT2D eigenvalue weighted by Crippen LogP contribution is 2.15. The number of hydrogen-bond donors (Lipinski definition) is 3. The van der Waals surface area contributed by atoms with Gasteiger partial charge in [0.05, 0.1) is 6.42 Å². The average Bonchev–Trinajstić information content (AvgIpc) is 2.45. The van der Waals surface area contributed by atoms with Crippen LogP contribution in [0.3, 0.4) is 0 Å². The zero-order valence-corrected chi connectivity index (χ0v) is 14.7. The van der Waals surface area contributed by atoms with Crippen LogP contribution in [-0.2, 0) is 14.4 Å². The van der Waals surface area contributed by atoms with Gasteiger partial charge in [-0.2, -0.15) is 0 Å². The van der Waals surface area contributed by atoms with Gasteiger partial charge in [-0.1, -0.05) is 39.5 Å². The van der Waals surface area contributed by atoms with Crippen LogP contribution >= 0.6 is 0 Å². The topological polar surface area (TPSA) is 115 Å². The molecule has 0 saturated heterocycles. The number of rotatable bonds is 15. The lowest BCUT2D eigenvalue weighted by Gasteiger charge is -2.31. The standard InChI is InChI=1S/C17H31NO6/c1-13(2)16(17(23)24)18(12-10-15(21)22)11-8-6-4-3-5-7-9-14(19)20/h13,16H,3-12H2,1-2H3,(H,19,20)(H,21,22)(H,23,24)/t16-/m0/s1. The fourth-order valence-corrected chi connectivity index (χ4v) is 2.79. The van der Waals surface area contributed by atoms with Crippen molar-refractivity contribution in [3.63, 3.8) is 0 Å². The second kappa shape index (κ2) is 12.8. The molecule has 0 radical (unpaired) electrons. The van der Waals surface area contributed by atoms with E-state index < -0.39 is 23.9 Å². The lowest BCUT2D eigenvalue weighted by molar-refractivity contribution is -0.146. The minimum absolute atomic E-state index is 0.0638. The Kier molecular flexibility index (Phi) is 11.9. The largest absolute Gasteiger partial charge is 0.481 e. The van der Waals surface area contributed by atoms with E-state index in [2.05, 4.69) is 0 Å². The molecule has 0 heterocycles. The van der Waals surface area contributed by atoms with Gasteiger partial charge in [-0.05, 0) is 25.3 Å². The van der Waals surface area contributed by atoms with E-state index in [0.29, 0.717) is 13.0 Å². The summed E-state index contributed by atoms with van der Waals surface area (Å²) in [5.74, 6) is -2.69. The van der Waals surface area contributed by atoms with Crippen molar-refractivity contribution in [2.45, 2.75) is 71.3 Å². The molecule has 0 aromatic carbocycles. The van der Waals surface area contributed by atoms with Crippen molar-refractivity contribution < 1.29 is 29.7 Å². The summed E-state index contributed by atoms with van der Waals surface area (Å²) in [4.78, 5) is 34.4. The Balaban J connectivity index is 4.19. The molecule has 0 aliphatic rings. The number of unbranched alkanes of at least 4 members (excludes halogenated alkanes) is 5. The molecule has 0 bridgehead atoms. The lowest BCUT2D eigenvalue weighted by Crippen LogP contribution is -2.46. The molecule has 140 valence electrons. The third-order valence-corrected chi connectivity index (χ3v) is 3.98. The summed E-state index contributed by atoms with van der Waals surface area (Å²) in [6.45, 7) is 4.46. The predicted octanol–water partition coefficient (Wildman–Crippen LogP) is 2.69. The summed E-state index contributed by atoms with van der Waals surface area (Å²) in [6, 6.07) is -0.667. The second-order valence-corrected chi connectivity index (χ2v) is 6.47. The van der Waals surface area contributed by atoms with Crippen molar-refractivity contribution in [3.8, 4) is 0 Å². The first kappa shape index (κ1) is 22.4. The van der Waals surface area contributed by atoms with Gasteiger partial charge in [-0.15, -0.1) is 0 Å². The molecule has 0 unspecified atom stereocenters. The molecule has 7 heteroatoms. The minimum Gasteiger partial charge on any atom is -0.481 e. The molecule has 7 nitrogen and oxygen atoms in total. The van der Waals surface area contributed by atoms with Crippen LogP contribution in [0.4, 0.5) is 0 Å². The number of carbonyl (C=O) groups is 3. The summed E-state index contributed by atoms with van der Waals surface area (Å²) in [7, 11) is 0. The summed E-state index contributed by atoms with van der Waals surface area (Å²) in [5.41, 5.74) is 0. The highest BCUT2D eigenvalue weighted by Gasteiger charge is 2.28. The minimum atomic E-state index is -0.925. The van der Waals surface area contributed by atoms with E-state index in [9.17, 15) is 19.5 Å². The van der Waals surface area contributed by atoms with Crippen LogP contribution < -0.4 is 0 Å². The second-order valence-electron chi connectivity index (χ2n) is 6.47. The van der Waals surface area contributed by atoms with Gasteiger partial charge in [0.1, 0.15) is 6.04 Å². The fourth-order valence-electron chi connectivity index (χ4n) is 2.79. The third-order valence-electron chi connectivity index (χ3n) is 3.98. The van der Waals surface area contributed by atoms with Crippen LogP contribution in [0.1, 0.15) is 65.2 Å². The van der Waals surface area contributed by atoms with Crippen molar-refractivity contribution in [2.24, 2.45) is 5.92 Å². The number of aliphatic carboxylic acids is 3. The summed E-state index contributed by atoms with van der Waals surface area (Å²) in [5, 5.41) is 26.8. The van der Waals surface area contributed by atoms with Crippen LogP contribution in [0.15, 0.2) is 0 Å². The summed E-state index contributed by atoms with van der Waals surface area (Å²) >= 11 is 0. The summed E-state index contributed by atoms with van der Waals surface area (Å²) in [6.07, 6.45) is 5.41. The van der Waals surface area contributed by atoms with Gasteiger partial charge in [0.15, 0.2) is 0 Å². The monoisotopic (exact) mass is 345 g/mol. The Morgan fingerprint density at radius 2 is 1.25 bits per heavy atom. The normalized spacial score (nSPS) is 12.5. The average molecular weight is 345 g/mol. The van der Waals surface area contributed by atoms with Crippen LogP contribution in [-0.4, -0.2) is 57.3 Å². The van der Waals surface area contributed by atoms with Gasteiger partial charge in [0.25, 0.3) is 0 Å². The Bertz CT molecular complexity index is 397. The molecular formula is C17H31NO6. The molecule has 0 rings (SSSR count). The van der Waals surface area contributed by atoms with Crippen LogP contribution in [0, 0.1) is 5.92 Å². The van der Waals surface area contributed by atoms with Gasteiger partial charge in [0.2, 0.25) is 0 Å². The van der Waals surface area contributed by atoms with Crippen molar-refractivity contribution in [3.05, 3.63) is 0 Å². The van der Waals surface area contributed by atoms with Crippen LogP contribution in [0.25, 0.3) is 0 Å². The third kappa shape index (κ3) is 11.0. The van der Waals surface area contributed by atoms with E-state index >= 15 is 0 Å². The molecule has 0 amide bonds. The molecule has 0 aromatic rings. The molecule has 0 aliphatic heterocycles. The number of carboxylic acid groups (broad SMARTS) is 3. The number of carboxylic acids is 3. The quantitative estimate of drug-likeness (QED) is 0.391. The molecule has 0 saturated carbocycles. The van der Waals surface area contributed by atoms with E-state index in [1.807, 2.05) is 13.8 Å². The Hall–Kier alpha value is -1.63. The lowest BCUT2D eigenvalue weighted by atomic mass is 10.0. The molecule has 0 spiro atoms.